The Kier molecular flexibility index (Phi) is 8.25. The van der Waals surface area contributed by atoms with Crippen LogP contribution in [-0.4, -0.2) is 26.5 Å². The lowest BCUT2D eigenvalue weighted by Gasteiger charge is -2.18. The maximum absolute atomic E-state index is 12.6. The predicted molar refractivity (Wildman–Crippen MR) is 122 cm³/mol. The molecule has 0 aliphatic heterocycles. The van der Waals surface area contributed by atoms with Crippen LogP contribution in [0.15, 0.2) is 53.4 Å². The van der Waals surface area contributed by atoms with Gasteiger partial charge in [-0.05, 0) is 68.7 Å². The van der Waals surface area contributed by atoms with Crippen LogP contribution in [0.1, 0.15) is 45.6 Å². The van der Waals surface area contributed by atoms with E-state index in [9.17, 15) is 13.2 Å². The van der Waals surface area contributed by atoms with E-state index in [0.717, 1.165) is 24.8 Å². The Balaban J connectivity index is 1.95. The zero-order valence-corrected chi connectivity index (χ0v) is 18.7. The summed E-state index contributed by atoms with van der Waals surface area (Å²) in [6.07, 6.45) is 3.77. The van der Waals surface area contributed by atoms with Gasteiger partial charge in [-0.2, -0.15) is 0 Å². The molecule has 7 nitrogen and oxygen atoms in total. The van der Waals surface area contributed by atoms with Crippen molar-refractivity contribution in [3.05, 3.63) is 54.1 Å². The fraction of sp³-hybridized carbons (Fsp3) is 0.409. The summed E-state index contributed by atoms with van der Waals surface area (Å²) in [5, 5.41) is 5.47. The van der Waals surface area contributed by atoms with Crippen LogP contribution in [0.4, 0.5) is 16.2 Å². The molecule has 0 saturated heterocycles. The molecule has 30 heavy (non-hydrogen) atoms. The van der Waals surface area contributed by atoms with Crippen LogP contribution in [0, 0.1) is 0 Å². The third-order valence-electron chi connectivity index (χ3n) is 4.35. The number of hydrogen-bond donors (Lipinski definition) is 4. The van der Waals surface area contributed by atoms with E-state index < -0.39 is 10.0 Å². The van der Waals surface area contributed by atoms with Crippen molar-refractivity contribution < 1.29 is 13.2 Å². The van der Waals surface area contributed by atoms with Crippen molar-refractivity contribution in [1.29, 1.82) is 0 Å². The van der Waals surface area contributed by atoms with Crippen molar-refractivity contribution in [3.63, 3.8) is 0 Å². The molecular formula is C22H32N4O3S. The maximum atomic E-state index is 12.6. The van der Waals surface area contributed by atoms with E-state index in [0.29, 0.717) is 24.3 Å². The number of sulfonamides is 1. The van der Waals surface area contributed by atoms with Crippen molar-refractivity contribution in [3.8, 4) is 0 Å². The Morgan fingerprint density at radius 2 is 1.57 bits per heavy atom. The van der Waals surface area contributed by atoms with E-state index in [1.165, 1.54) is 12.1 Å². The smallest absolute Gasteiger partial charge is 0.319 e. The number of urea groups is 1. The van der Waals surface area contributed by atoms with Crippen molar-refractivity contribution in [1.82, 2.24) is 5.32 Å². The number of carbonyl (C=O) groups is 1. The van der Waals surface area contributed by atoms with E-state index >= 15 is 0 Å². The van der Waals surface area contributed by atoms with Gasteiger partial charge in [0.15, 0.2) is 0 Å². The summed E-state index contributed by atoms with van der Waals surface area (Å²) < 4.78 is 27.8. The normalized spacial score (nSPS) is 11.7. The monoisotopic (exact) mass is 432 g/mol. The first-order chi connectivity index (χ1) is 14.1. The van der Waals surface area contributed by atoms with Gasteiger partial charge >= 0.3 is 6.03 Å². The highest BCUT2D eigenvalue weighted by Gasteiger charge is 2.15. The molecular weight excluding hydrogens is 400 g/mol. The molecule has 0 bridgehead atoms. The molecule has 8 heteroatoms. The van der Waals surface area contributed by atoms with Crippen LogP contribution in [0.25, 0.3) is 0 Å². The molecule has 0 saturated carbocycles. The first kappa shape index (κ1) is 23.7. The summed E-state index contributed by atoms with van der Waals surface area (Å²) in [6, 6.07) is 12.9. The number of amides is 2. The second-order valence-electron chi connectivity index (χ2n) is 8.08. The minimum Gasteiger partial charge on any atom is -0.338 e. The van der Waals surface area contributed by atoms with E-state index in [4.69, 9.17) is 5.73 Å². The Morgan fingerprint density at radius 1 is 0.967 bits per heavy atom. The third-order valence-corrected chi connectivity index (χ3v) is 5.75. The number of carbonyl (C=O) groups excluding carboxylic acids is 1. The summed E-state index contributed by atoms with van der Waals surface area (Å²) in [6.45, 7) is 6.59. The molecule has 0 radical (unpaired) electrons. The fourth-order valence-electron chi connectivity index (χ4n) is 2.90. The summed E-state index contributed by atoms with van der Waals surface area (Å²) in [7, 11) is -3.73. The average molecular weight is 433 g/mol. The minimum atomic E-state index is -3.73. The molecule has 0 atom stereocenters. The zero-order valence-electron chi connectivity index (χ0n) is 17.9. The molecule has 0 spiro atoms. The highest BCUT2D eigenvalue weighted by atomic mass is 32.2. The number of hydrogen-bond acceptors (Lipinski definition) is 4. The molecule has 2 rings (SSSR count). The van der Waals surface area contributed by atoms with Crippen molar-refractivity contribution in [2.45, 2.75) is 56.9 Å². The summed E-state index contributed by atoms with van der Waals surface area (Å²) in [5.74, 6) is 0. The molecule has 2 aromatic carbocycles. The van der Waals surface area contributed by atoms with Gasteiger partial charge in [0.2, 0.25) is 0 Å². The fourth-order valence-corrected chi connectivity index (χ4v) is 3.96. The van der Waals surface area contributed by atoms with Gasteiger partial charge in [-0.15, -0.1) is 0 Å². The van der Waals surface area contributed by atoms with Crippen molar-refractivity contribution in [2.24, 2.45) is 5.73 Å². The standard InChI is InChI=1S/C22H32N4O3S/c1-4-5-6-15-24-21(27)25-18-11-13-20(14-12-18)30(28,29)26-19-9-7-17(8-10-19)16-22(2,3)23/h7-14,26H,4-6,15-16,23H2,1-3H3,(H2,24,25,27). The molecule has 0 aliphatic rings. The van der Waals surface area contributed by atoms with E-state index in [2.05, 4.69) is 22.3 Å². The van der Waals surface area contributed by atoms with Crippen LogP contribution >= 0.6 is 0 Å². The van der Waals surface area contributed by atoms with Crippen LogP contribution < -0.4 is 21.1 Å². The molecule has 2 aromatic rings. The quantitative estimate of drug-likeness (QED) is 0.424. The largest absolute Gasteiger partial charge is 0.338 e. The highest BCUT2D eigenvalue weighted by Crippen LogP contribution is 2.20. The number of nitrogens with two attached hydrogens (primary N) is 1. The number of rotatable bonds is 10. The van der Waals surface area contributed by atoms with Gasteiger partial charge in [-0.1, -0.05) is 31.9 Å². The summed E-state index contributed by atoms with van der Waals surface area (Å²) in [5.41, 5.74) is 7.72. The summed E-state index contributed by atoms with van der Waals surface area (Å²) >= 11 is 0. The lowest BCUT2D eigenvalue weighted by molar-refractivity contribution is 0.252. The predicted octanol–water partition coefficient (Wildman–Crippen LogP) is 4.08. The lowest BCUT2D eigenvalue weighted by atomic mass is 9.96. The Bertz CT molecular complexity index is 918. The third kappa shape index (κ3) is 8.04. The summed E-state index contributed by atoms with van der Waals surface area (Å²) in [4.78, 5) is 12.0. The molecule has 0 fully saturated rings. The van der Waals surface area contributed by atoms with Crippen LogP contribution in [0.5, 0.6) is 0 Å². The zero-order chi connectivity index (χ0) is 22.2. The van der Waals surface area contributed by atoms with Crippen LogP contribution in [0.3, 0.4) is 0 Å². The number of anilines is 2. The SMILES string of the molecule is CCCCCNC(=O)Nc1ccc(S(=O)(=O)Nc2ccc(CC(C)(C)N)cc2)cc1. The Morgan fingerprint density at radius 3 is 2.13 bits per heavy atom. The minimum absolute atomic E-state index is 0.114. The second kappa shape index (κ2) is 10.4. The van der Waals surface area contributed by atoms with Crippen molar-refractivity contribution >= 4 is 27.4 Å². The van der Waals surface area contributed by atoms with Gasteiger partial charge in [0.05, 0.1) is 4.90 Å². The van der Waals surface area contributed by atoms with Crippen LogP contribution in [0.2, 0.25) is 0 Å². The molecule has 2 amide bonds. The molecule has 164 valence electrons. The first-order valence-electron chi connectivity index (χ1n) is 10.1. The number of unbranched alkanes of at least 4 members (excludes halogenated alkanes) is 2. The molecule has 0 heterocycles. The Labute approximate surface area is 179 Å². The van der Waals surface area contributed by atoms with Gasteiger partial charge in [-0.25, -0.2) is 13.2 Å². The van der Waals surface area contributed by atoms with Gasteiger partial charge < -0.3 is 16.4 Å². The molecule has 0 aromatic heterocycles. The van der Waals surface area contributed by atoms with E-state index in [1.807, 2.05) is 26.0 Å². The molecule has 5 N–H and O–H groups in total. The Hall–Kier alpha value is -2.58. The maximum Gasteiger partial charge on any atom is 0.319 e. The van der Waals surface area contributed by atoms with Gasteiger partial charge in [0.1, 0.15) is 0 Å². The van der Waals surface area contributed by atoms with E-state index in [1.54, 1.807) is 24.3 Å². The number of benzene rings is 2. The highest BCUT2D eigenvalue weighted by molar-refractivity contribution is 7.92. The average Bonchev–Trinajstić information content (AvgIpc) is 2.66. The van der Waals surface area contributed by atoms with Crippen LogP contribution in [-0.2, 0) is 16.4 Å². The van der Waals surface area contributed by atoms with Gasteiger partial charge in [-0.3, -0.25) is 4.72 Å². The lowest BCUT2D eigenvalue weighted by Crippen LogP contribution is -2.34. The number of nitrogens with one attached hydrogen (secondary N) is 3. The van der Waals surface area contributed by atoms with E-state index in [-0.39, 0.29) is 16.5 Å². The van der Waals surface area contributed by atoms with Gasteiger partial charge in [0.25, 0.3) is 10.0 Å². The second-order valence-corrected chi connectivity index (χ2v) is 9.76. The molecule has 0 aliphatic carbocycles. The first-order valence-corrected chi connectivity index (χ1v) is 11.6. The van der Waals surface area contributed by atoms with Crippen molar-refractivity contribution in [2.75, 3.05) is 16.6 Å². The van der Waals surface area contributed by atoms with Gasteiger partial charge in [0, 0.05) is 23.5 Å². The molecule has 0 unspecified atom stereocenters. The topological polar surface area (TPSA) is 113 Å².